The van der Waals surface area contributed by atoms with Gasteiger partial charge < -0.3 is 10.1 Å². The predicted molar refractivity (Wildman–Crippen MR) is 96.1 cm³/mol. The molecule has 130 valence electrons. The molecule has 0 bridgehead atoms. The second kappa shape index (κ2) is 8.65. The Labute approximate surface area is 154 Å². The number of carbonyl (C=O) groups excluding carboxylic acids is 2. The van der Waals surface area contributed by atoms with Crippen LogP contribution < -0.4 is 5.32 Å². The molecule has 0 unspecified atom stereocenters. The molecule has 0 aliphatic carbocycles. The lowest BCUT2D eigenvalue weighted by Gasteiger charge is -2.13. The van der Waals surface area contributed by atoms with E-state index in [0.717, 1.165) is 12.1 Å². The standard InChI is InChI=1S/C18H14Cl2FNO3/c1-11(18(24)22-16-8-7-13(21)10-15(16)20)25-17(23)9-6-12-4-2-3-5-14(12)19/h2-11H,1H3,(H,22,24)/b9-6+/t11-/m1/s1. The summed E-state index contributed by atoms with van der Waals surface area (Å²) < 4.78 is 18.0. The molecule has 25 heavy (non-hydrogen) atoms. The van der Waals surface area contributed by atoms with Crippen molar-refractivity contribution in [2.75, 3.05) is 5.32 Å². The van der Waals surface area contributed by atoms with Gasteiger partial charge >= 0.3 is 5.97 Å². The molecule has 2 aromatic rings. The Balaban J connectivity index is 1.94. The van der Waals surface area contributed by atoms with Gasteiger partial charge in [-0.05, 0) is 42.8 Å². The minimum absolute atomic E-state index is 0.0468. The molecule has 0 aromatic heterocycles. The molecule has 7 heteroatoms. The zero-order valence-electron chi connectivity index (χ0n) is 13.1. The molecule has 0 aliphatic rings. The first-order valence-corrected chi connectivity index (χ1v) is 8.01. The van der Waals surface area contributed by atoms with E-state index in [9.17, 15) is 14.0 Å². The van der Waals surface area contributed by atoms with Crippen molar-refractivity contribution in [3.63, 3.8) is 0 Å². The maximum absolute atomic E-state index is 13.0. The summed E-state index contributed by atoms with van der Waals surface area (Å²) in [7, 11) is 0. The van der Waals surface area contributed by atoms with Crippen molar-refractivity contribution in [1.29, 1.82) is 0 Å². The molecule has 2 rings (SSSR count). The van der Waals surface area contributed by atoms with Crippen LogP contribution in [0.3, 0.4) is 0 Å². The molecule has 1 N–H and O–H groups in total. The van der Waals surface area contributed by atoms with Gasteiger partial charge in [0.1, 0.15) is 5.82 Å². The van der Waals surface area contributed by atoms with Crippen LogP contribution in [0.5, 0.6) is 0 Å². The van der Waals surface area contributed by atoms with Gasteiger partial charge in [-0.25, -0.2) is 9.18 Å². The number of ether oxygens (including phenoxy) is 1. The first-order chi connectivity index (χ1) is 11.9. The third-order valence-electron chi connectivity index (χ3n) is 3.16. The SMILES string of the molecule is C[C@@H](OC(=O)/C=C/c1ccccc1Cl)C(=O)Nc1ccc(F)cc1Cl. The van der Waals surface area contributed by atoms with Gasteiger partial charge in [0, 0.05) is 11.1 Å². The number of hydrogen-bond donors (Lipinski definition) is 1. The highest BCUT2D eigenvalue weighted by molar-refractivity contribution is 6.33. The Kier molecular flexibility index (Phi) is 6.56. The van der Waals surface area contributed by atoms with Crippen LogP contribution in [0.15, 0.2) is 48.5 Å². The Morgan fingerprint density at radius 1 is 1.16 bits per heavy atom. The highest BCUT2D eigenvalue weighted by Crippen LogP contribution is 2.22. The number of esters is 1. The van der Waals surface area contributed by atoms with Crippen molar-refractivity contribution in [3.05, 3.63) is 70.0 Å². The largest absolute Gasteiger partial charge is 0.449 e. The summed E-state index contributed by atoms with van der Waals surface area (Å²) in [4.78, 5) is 23.8. The molecule has 0 radical (unpaired) electrons. The van der Waals surface area contributed by atoms with Gasteiger partial charge in [-0.2, -0.15) is 0 Å². The van der Waals surface area contributed by atoms with Crippen LogP contribution in [0, 0.1) is 5.82 Å². The predicted octanol–water partition coefficient (Wildman–Crippen LogP) is 4.72. The Hall–Kier alpha value is -2.37. The number of amides is 1. The number of nitrogens with one attached hydrogen (secondary N) is 1. The van der Waals surface area contributed by atoms with Crippen molar-refractivity contribution in [2.24, 2.45) is 0 Å². The van der Waals surface area contributed by atoms with E-state index in [1.165, 1.54) is 25.1 Å². The van der Waals surface area contributed by atoms with Crippen molar-refractivity contribution >= 4 is 46.8 Å². The normalized spacial score (nSPS) is 12.0. The lowest BCUT2D eigenvalue weighted by Crippen LogP contribution is -2.29. The fourth-order valence-corrected chi connectivity index (χ4v) is 2.27. The van der Waals surface area contributed by atoms with Crippen LogP contribution in [-0.4, -0.2) is 18.0 Å². The summed E-state index contributed by atoms with van der Waals surface area (Å²) in [5.74, 6) is -1.81. The topological polar surface area (TPSA) is 55.4 Å². The van der Waals surface area contributed by atoms with E-state index < -0.39 is 23.8 Å². The van der Waals surface area contributed by atoms with Gasteiger partial charge in [-0.1, -0.05) is 41.4 Å². The lowest BCUT2D eigenvalue weighted by atomic mass is 10.2. The van der Waals surface area contributed by atoms with E-state index in [4.69, 9.17) is 27.9 Å². The van der Waals surface area contributed by atoms with Crippen molar-refractivity contribution in [2.45, 2.75) is 13.0 Å². The summed E-state index contributed by atoms with van der Waals surface area (Å²) >= 11 is 11.8. The van der Waals surface area contributed by atoms with Gasteiger partial charge in [0.2, 0.25) is 0 Å². The molecular weight excluding hydrogens is 368 g/mol. The highest BCUT2D eigenvalue weighted by atomic mass is 35.5. The third-order valence-corrected chi connectivity index (χ3v) is 3.81. The van der Waals surface area contributed by atoms with E-state index in [1.54, 1.807) is 24.3 Å². The van der Waals surface area contributed by atoms with E-state index in [0.29, 0.717) is 10.6 Å². The first kappa shape index (κ1) is 19.0. The molecule has 2 aromatic carbocycles. The van der Waals surface area contributed by atoms with Gasteiger partial charge in [-0.3, -0.25) is 4.79 Å². The fourth-order valence-electron chi connectivity index (χ4n) is 1.86. The molecule has 0 saturated carbocycles. The van der Waals surface area contributed by atoms with Gasteiger partial charge in [0.25, 0.3) is 5.91 Å². The zero-order chi connectivity index (χ0) is 18.4. The van der Waals surface area contributed by atoms with Crippen LogP contribution in [0.2, 0.25) is 10.0 Å². The Bertz CT molecular complexity index is 824. The number of rotatable bonds is 5. The summed E-state index contributed by atoms with van der Waals surface area (Å²) in [5, 5.41) is 3.00. The van der Waals surface area contributed by atoms with Crippen LogP contribution in [0.4, 0.5) is 10.1 Å². The molecule has 0 saturated heterocycles. The van der Waals surface area contributed by atoms with Gasteiger partial charge in [0.15, 0.2) is 6.10 Å². The summed E-state index contributed by atoms with van der Waals surface area (Å²) in [5.41, 5.74) is 0.874. The average Bonchev–Trinajstić information content (AvgIpc) is 2.56. The minimum Gasteiger partial charge on any atom is -0.449 e. The van der Waals surface area contributed by atoms with Crippen LogP contribution >= 0.6 is 23.2 Å². The molecule has 1 amide bonds. The second-order valence-corrected chi connectivity index (χ2v) is 5.86. The maximum Gasteiger partial charge on any atom is 0.331 e. The van der Waals surface area contributed by atoms with Crippen molar-refractivity contribution in [3.8, 4) is 0 Å². The molecule has 0 fully saturated rings. The molecule has 1 atom stereocenters. The molecular formula is C18H14Cl2FNO3. The number of carbonyl (C=O) groups is 2. The quantitative estimate of drug-likeness (QED) is 0.602. The van der Waals surface area contributed by atoms with Gasteiger partial charge in [-0.15, -0.1) is 0 Å². The lowest BCUT2D eigenvalue weighted by molar-refractivity contribution is -0.148. The Morgan fingerprint density at radius 3 is 2.56 bits per heavy atom. The van der Waals surface area contributed by atoms with E-state index >= 15 is 0 Å². The minimum atomic E-state index is -1.07. The fraction of sp³-hybridized carbons (Fsp3) is 0.111. The summed E-state index contributed by atoms with van der Waals surface area (Å²) in [6, 6.07) is 10.5. The van der Waals surface area contributed by atoms with Crippen LogP contribution in [0.25, 0.3) is 6.08 Å². The maximum atomic E-state index is 13.0. The molecule has 0 heterocycles. The second-order valence-electron chi connectivity index (χ2n) is 5.05. The van der Waals surface area contributed by atoms with E-state index in [2.05, 4.69) is 5.32 Å². The molecule has 0 aliphatic heterocycles. The van der Waals surface area contributed by atoms with E-state index in [1.807, 2.05) is 0 Å². The monoisotopic (exact) mass is 381 g/mol. The van der Waals surface area contributed by atoms with Crippen LogP contribution in [-0.2, 0) is 14.3 Å². The smallest absolute Gasteiger partial charge is 0.331 e. The Morgan fingerprint density at radius 2 is 1.88 bits per heavy atom. The average molecular weight is 382 g/mol. The number of anilines is 1. The number of benzene rings is 2. The number of halogens is 3. The van der Waals surface area contributed by atoms with E-state index in [-0.39, 0.29) is 10.7 Å². The molecule has 0 spiro atoms. The third kappa shape index (κ3) is 5.59. The van der Waals surface area contributed by atoms with Gasteiger partial charge in [0.05, 0.1) is 10.7 Å². The first-order valence-electron chi connectivity index (χ1n) is 7.26. The highest BCUT2D eigenvalue weighted by Gasteiger charge is 2.18. The zero-order valence-corrected chi connectivity index (χ0v) is 14.6. The number of hydrogen-bond acceptors (Lipinski definition) is 3. The van der Waals surface area contributed by atoms with Crippen molar-refractivity contribution in [1.82, 2.24) is 0 Å². The molecule has 4 nitrogen and oxygen atoms in total. The van der Waals surface area contributed by atoms with Crippen LogP contribution in [0.1, 0.15) is 12.5 Å². The summed E-state index contributed by atoms with van der Waals surface area (Å²) in [6.45, 7) is 1.41. The summed E-state index contributed by atoms with van der Waals surface area (Å²) in [6.07, 6.45) is 1.60. The van der Waals surface area contributed by atoms with Crippen molar-refractivity contribution < 1.29 is 18.7 Å².